The number of carbonyl (C=O) groups is 2. The fraction of sp³-hybridized carbons (Fsp3) is 0.567. The monoisotopic (exact) mass is 669 g/mol. The third-order valence-corrected chi connectivity index (χ3v) is 7.76. The van der Waals surface area contributed by atoms with Crippen molar-refractivity contribution in [3.63, 3.8) is 0 Å². The number of methoxy groups -OCH3 is 1. The smallest absolute Gasteiger partial charge is 0.343 e. The fourth-order valence-corrected chi connectivity index (χ4v) is 5.40. The number of carboxylic acids is 1. The molecule has 3 aliphatic rings. The maximum atomic E-state index is 12.9. The Morgan fingerprint density at radius 1 is 1.30 bits per heavy atom. The van der Waals surface area contributed by atoms with Crippen LogP contribution in [0.1, 0.15) is 13.8 Å². The van der Waals surface area contributed by atoms with Gasteiger partial charge >= 0.3 is 11.9 Å². The molecule has 0 aliphatic carbocycles. The van der Waals surface area contributed by atoms with E-state index in [-0.39, 0.29) is 42.5 Å². The Kier molecular flexibility index (Phi) is 13.2. The highest BCUT2D eigenvalue weighted by Gasteiger charge is 2.57. The minimum atomic E-state index is -2.90. The van der Waals surface area contributed by atoms with Crippen LogP contribution in [0, 0.1) is 11.8 Å². The molecule has 10 N–H and O–H groups in total. The number of aliphatic hydroxyl groups excluding tert-OH is 3. The third kappa shape index (κ3) is 8.64. The van der Waals surface area contributed by atoms with E-state index in [1.54, 1.807) is 26.0 Å². The Bertz CT molecular complexity index is 1310. The second kappa shape index (κ2) is 16.4. The number of hydrogen-bond acceptors (Lipinski definition) is 13. The SMILES string of the molecule is C=C[C@H]1[C@H](O[C@@H]2O[C@H](CO)[C@@H](O)C(O)(O)[C@H]2OC(C)C)OC=C(C(=O)OC)[C@H]1/C=C/C1=C(NC(N)=NC)C(C(=O)O)=C[NH+](CCO)C1. The third-order valence-electron chi connectivity index (χ3n) is 7.76. The van der Waals surface area contributed by atoms with Gasteiger partial charge in [0, 0.05) is 18.5 Å². The van der Waals surface area contributed by atoms with Gasteiger partial charge in [0.05, 0.1) is 49.9 Å². The second-order valence-corrected chi connectivity index (χ2v) is 11.3. The van der Waals surface area contributed by atoms with Gasteiger partial charge in [0.2, 0.25) is 12.1 Å². The van der Waals surface area contributed by atoms with E-state index in [4.69, 9.17) is 29.4 Å². The van der Waals surface area contributed by atoms with Crippen LogP contribution in [0.25, 0.3) is 0 Å². The fourth-order valence-electron chi connectivity index (χ4n) is 5.40. The topological polar surface area (TPSA) is 257 Å². The number of aliphatic carboxylic acids is 1. The molecule has 8 atom stereocenters. The molecule has 0 bridgehead atoms. The quantitative estimate of drug-likeness (QED) is 0.0304. The number of nitrogens with zero attached hydrogens (tertiary/aromatic N) is 1. The Morgan fingerprint density at radius 3 is 2.55 bits per heavy atom. The summed E-state index contributed by atoms with van der Waals surface area (Å²) in [5, 5.41) is 64.1. The van der Waals surface area contributed by atoms with Crippen molar-refractivity contribution in [2.45, 2.75) is 56.6 Å². The van der Waals surface area contributed by atoms with Gasteiger partial charge in [-0.2, -0.15) is 0 Å². The molecule has 262 valence electrons. The maximum Gasteiger partial charge on any atom is 0.343 e. The van der Waals surface area contributed by atoms with E-state index in [0.29, 0.717) is 10.5 Å². The predicted molar refractivity (Wildman–Crippen MR) is 163 cm³/mol. The van der Waals surface area contributed by atoms with Crippen LogP contribution in [-0.4, -0.2) is 132 Å². The molecule has 0 aromatic heterocycles. The lowest BCUT2D eigenvalue weighted by Gasteiger charge is -2.48. The van der Waals surface area contributed by atoms with Gasteiger partial charge in [-0.25, -0.2) is 9.59 Å². The van der Waals surface area contributed by atoms with Gasteiger partial charge in [0.15, 0.2) is 18.4 Å². The number of esters is 1. The van der Waals surface area contributed by atoms with Crippen LogP contribution < -0.4 is 16.0 Å². The molecule has 0 amide bonds. The summed E-state index contributed by atoms with van der Waals surface area (Å²) in [5.74, 6) is -6.70. The van der Waals surface area contributed by atoms with Crippen molar-refractivity contribution in [1.29, 1.82) is 0 Å². The number of hydrogen-bond donors (Lipinski definition) is 9. The van der Waals surface area contributed by atoms with Crippen molar-refractivity contribution in [3.8, 4) is 0 Å². The van der Waals surface area contributed by atoms with Crippen LogP contribution in [-0.2, 0) is 33.3 Å². The largest absolute Gasteiger partial charge is 0.477 e. The average Bonchev–Trinajstić information content (AvgIpc) is 3.03. The normalized spacial score (nSPS) is 31.2. The Hall–Kier alpha value is -3.65. The summed E-state index contributed by atoms with van der Waals surface area (Å²) in [6.45, 7) is 6.52. The van der Waals surface area contributed by atoms with Crippen LogP contribution in [0.5, 0.6) is 0 Å². The van der Waals surface area contributed by atoms with E-state index in [2.05, 4.69) is 16.9 Å². The number of rotatable bonds is 13. The number of guanidine groups is 1. The predicted octanol–water partition coefficient (Wildman–Crippen LogP) is -3.41. The van der Waals surface area contributed by atoms with E-state index in [0.717, 1.165) is 6.26 Å². The lowest BCUT2D eigenvalue weighted by molar-refractivity contribution is -0.843. The van der Waals surface area contributed by atoms with Crippen molar-refractivity contribution >= 4 is 17.9 Å². The van der Waals surface area contributed by atoms with Crippen LogP contribution in [0.4, 0.5) is 0 Å². The summed E-state index contributed by atoms with van der Waals surface area (Å²) in [7, 11) is 2.60. The van der Waals surface area contributed by atoms with Crippen molar-refractivity contribution in [2.75, 3.05) is 40.5 Å². The van der Waals surface area contributed by atoms with E-state index in [1.807, 2.05) is 0 Å². The highest BCUT2D eigenvalue weighted by Crippen LogP contribution is 2.38. The summed E-state index contributed by atoms with van der Waals surface area (Å²) < 4.78 is 28.1. The highest BCUT2D eigenvalue weighted by molar-refractivity contribution is 5.94. The first-order chi connectivity index (χ1) is 22.2. The number of carbonyl (C=O) groups excluding carboxylic acids is 1. The molecule has 1 fully saturated rings. The first kappa shape index (κ1) is 37.8. The minimum Gasteiger partial charge on any atom is -0.477 e. The molecule has 0 aromatic rings. The van der Waals surface area contributed by atoms with Gasteiger partial charge in [-0.15, -0.1) is 6.58 Å². The van der Waals surface area contributed by atoms with Crippen molar-refractivity contribution < 1.29 is 68.8 Å². The van der Waals surface area contributed by atoms with Crippen LogP contribution >= 0.6 is 0 Å². The van der Waals surface area contributed by atoms with Crippen LogP contribution in [0.3, 0.4) is 0 Å². The molecule has 0 spiro atoms. The van der Waals surface area contributed by atoms with Gasteiger partial charge < -0.3 is 70.3 Å². The first-order valence-electron chi connectivity index (χ1n) is 14.8. The van der Waals surface area contributed by atoms with Crippen molar-refractivity contribution in [2.24, 2.45) is 22.6 Å². The summed E-state index contributed by atoms with van der Waals surface area (Å²) >= 11 is 0. The molecule has 17 heteroatoms. The van der Waals surface area contributed by atoms with E-state index < -0.39 is 73.2 Å². The molecule has 3 aliphatic heterocycles. The Morgan fingerprint density at radius 2 is 2.00 bits per heavy atom. The molecular weight excluding hydrogens is 624 g/mol. The van der Waals surface area contributed by atoms with Gasteiger partial charge in [-0.3, -0.25) is 4.99 Å². The van der Waals surface area contributed by atoms with Gasteiger partial charge in [-0.1, -0.05) is 18.2 Å². The lowest BCUT2D eigenvalue weighted by Crippen LogP contribution is -3.09. The maximum absolute atomic E-state index is 12.9. The molecule has 3 heterocycles. The second-order valence-electron chi connectivity index (χ2n) is 11.3. The van der Waals surface area contributed by atoms with E-state index in [1.165, 1.54) is 26.4 Å². The summed E-state index contributed by atoms with van der Waals surface area (Å²) in [4.78, 5) is 29.6. The number of nitrogens with two attached hydrogens (primary N) is 1. The van der Waals surface area contributed by atoms with Gasteiger partial charge in [-0.05, 0) is 13.8 Å². The standard InChI is InChI=1S/C30H44N4O13/c1-6-17-18(8-7-16-11-34(9-10-35)12-19(25(38)39)22(16)33-29(31)32-4)20(26(40)43-5)14-44-27(17)47-28-24(45-15(2)3)30(41,42)23(37)21(13-36)46-28/h6-8,12,14-15,17-18,21,23-24,27-28,35-37,41-42H,1,9-11,13H2,2-5H3,(H,38,39)(H3,31,32,33)/p+1/b8-7+/t17-,18+,21-,23-,24+,27+,28+/m1/s1. The first-order valence-corrected chi connectivity index (χ1v) is 14.8. The molecular formula is C30H45N4O13+. The number of ether oxygens (including phenoxy) is 5. The summed E-state index contributed by atoms with van der Waals surface area (Å²) in [5.41, 5.74) is 6.41. The number of aliphatic imine (C=N–C) groups is 1. The molecule has 47 heavy (non-hydrogen) atoms. The summed E-state index contributed by atoms with van der Waals surface area (Å²) in [6, 6.07) is 0. The molecule has 3 rings (SSSR count). The highest BCUT2D eigenvalue weighted by atomic mass is 16.8. The molecule has 1 unspecified atom stereocenters. The minimum absolute atomic E-state index is 0.0458. The van der Waals surface area contributed by atoms with E-state index >= 15 is 0 Å². The zero-order valence-corrected chi connectivity index (χ0v) is 26.6. The number of aliphatic hydroxyl groups is 5. The zero-order chi connectivity index (χ0) is 35.1. The van der Waals surface area contributed by atoms with E-state index in [9.17, 15) is 40.2 Å². The van der Waals surface area contributed by atoms with Crippen LogP contribution in [0.15, 0.2) is 64.7 Å². The number of carboxylic acid groups (broad SMARTS) is 1. The summed E-state index contributed by atoms with van der Waals surface area (Å²) in [6.07, 6.45) is -1.37. The number of nitrogens with one attached hydrogen (secondary N) is 2. The Balaban J connectivity index is 2.07. The number of allylic oxidation sites excluding steroid dienone is 1. The molecule has 17 nitrogen and oxygen atoms in total. The van der Waals surface area contributed by atoms with Gasteiger partial charge in [0.1, 0.15) is 37.1 Å². The van der Waals surface area contributed by atoms with Crippen molar-refractivity contribution in [1.82, 2.24) is 5.32 Å². The van der Waals surface area contributed by atoms with Crippen LogP contribution in [0.2, 0.25) is 0 Å². The van der Waals surface area contributed by atoms with Crippen molar-refractivity contribution in [3.05, 3.63) is 59.7 Å². The molecule has 1 saturated heterocycles. The molecule has 0 aromatic carbocycles. The average molecular weight is 670 g/mol. The molecule has 0 saturated carbocycles. The van der Waals surface area contributed by atoms with Gasteiger partial charge in [0.25, 0.3) is 0 Å². The molecule has 0 radical (unpaired) electrons. The Labute approximate surface area is 271 Å². The number of quaternary nitrogens is 1. The lowest BCUT2D eigenvalue weighted by atomic mass is 9.83. The zero-order valence-electron chi connectivity index (χ0n) is 26.6.